The van der Waals surface area contributed by atoms with Gasteiger partial charge in [-0.2, -0.15) is 10.4 Å². The smallest absolute Gasteiger partial charge is 0.270 e. The molecule has 0 unspecified atom stereocenters. The van der Waals surface area contributed by atoms with Crippen LogP contribution < -0.4 is 11.0 Å². The van der Waals surface area contributed by atoms with Gasteiger partial charge in [0.05, 0.1) is 25.1 Å². The van der Waals surface area contributed by atoms with Gasteiger partial charge in [0.25, 0.3) is 5.56 Å². The summed E-state index contributed by atoms with van der Waals surface area (Å²) in [7, 11) is 0. The van der Waals surface area contributed by atoms with Crippen molar-refractivity contribution in [2.75, 3.05) is 18.6 Å². The third kappa shape index (κ3) is 4.43. The lowest BCUT2D eigenvalue weighted by Gasteiger charge is -2.23. The van der Waals surface area contributed by atoms with E-state index in [1.54, 1.807) is 18.3 Å². The van der Waals surface area contributed by atoms with Crippen LogP contribution in [-0.4, -0.2) is 29.4 Å². The molecule has 3 aromatic rings. The highest BCUT2D eigenvalue weighted by Gasteiger charge is 2.16. The van der Waals surface area contributed by atoms with E-state index in [9.17, 15) is 10.1 Å². The number of nitriles is 1. The van der Waals surface area contributed by atoms with Gasteiger partial charge in [-0.3, -0.25) is 9.78 Å². The van der Waals surface area contributed by atoms with Crippen LogP contribution in [-0.2, 0) is 9.47 Å². The Bertz CT molecular complexity index is 1150. The van der Waals surface area contributed by atoms with Crippen LogP contribution in [0.2, 0.25) is 0 Å². The van der Waals surface area contributed by atoms with Gasteiger partial charge in [0, 0.05) is 11.1 Å². The third-order valence-electron chi connectivity index (χ3n) is 4.47. The molecule has 0 amide bonds. The second-order valence-corrected chi connectivity index (χ2v) is 6.58. The van der Waals surface area contributed by atoms with Gasteiger partial charge in [0.15, 0.2) is 6.29 Å². The quantitative estimate of drug-likeness (QED) is 0.502. The summed E-state index contributed by atoms with van der Waals surface area (Å²) >= 11 is 0. The number of hydrogen-bond donors (Lipinski definition) is 2. The molecule has 8 nitrogen and oxygen atoms in total. The van der Waals surface area contributed by atoms with Crippen LogP contribution >= 0.6 is 0 Å². The highest BCUT2D eigenvalue weighted by molar-refractivity contribution is 5.80. The normalized spacial score (nSPS) is 14.5. The SMILES string of the molecule is N#Cc1c(-c2ccccc2)nc(NN=Cc2cccc(C3OCCCO3)c2)[nH]c1=O. The minimum absolute atomic E-state index is 0.0455. The number of H-pyrrole nitrogens is 1. The Morgan fingerprint density at radius 3 is 2.73 bits per heavy atom. The molecule has 1 aliphatic heterocycles. The van der Waals surface area contributed by atoms with Crippen molar-refractivity contribution in [2.45, 2.75) is 12.7 Å². The van der Waals surface area contributed by atoms with Gasteiger partial charge in [0.1, 0.15) is 11.6 Å². The third-order valence-corrected chi connectivity index (χ3v) is 4.47. The van der Waals surface area contributed by atoms with Gasteiger partial charge in [-0.05, 0) is 18.1 Å². The van der Waals surface area contributed by atoms with E-state index in [4.69, 9.17) is 9.47 Å². The second kappa shape index (κ2) is 9.13. The minimum Gasteiger partial charge on any atom is -0.348 e. The molecule has 0 atom stereocenters. The van der Waals surface area contributed by atoms with E-state index < -0.39 is 5.56 Å². The first-order valence-electron chi connectivity index (χ1n) is 9.46. The number of nitrogens with zero attached hydrogens (tertiary/aromatic N) is 3. The van der Waals surface area contributed by atoms with Crippen molar-refractivity contribution in [3.05, 3.63) is 81.6 Å². The number of anilines is 1. The Labute approximate surface area is 172 Å². The molecule has 2 heterocycles. The van der Waals surface area contributed by atoms with Gasteiger partial charge in [-0.15, -0.1) is 0 Å². The molecule has 0 aliphatic carbocycles. The molecule has 0 bridgehead atoms. The molecule has 1 aliphatic rings. The van der Waals surface area contributed by atoms with Crippen LogP contribution in [0.5, 0.6) is 0 Å². The average Bonchev–Trinajstić information content (AvgIpc) is 2.80. The number of rotatable bonds is 5. The molecule has 0 radical (unpaired) electrons. The predicted molar refractivity (Wildman–Crippen MR) is 112 cm³/mol. The monoisotopic (exact) mass is 401 g/mol. The van der Waals surface area contributed by atoms with Crippen molar-refractivity contribution in [1.82, 2.24) is 9.97 Å². The lowest BCUT2D eigenvalue weighted by atomic mass is 10.1. The van der Waals surface area contributed by atoms with Gasteiger partial charge in [0.2, 0.25) is 5.95 Å². The molecular formula is C22H19N5O3. The van der Waals surface area contributed by atoms with Crippen molar-refractivity contribution < 1.29 is 9.47 Å². The van der Waals surface area contributed by atoms with Gasteiger partial charge in [-0.25, -0.2) is 10.4 Å². The van der Waals surface area contributed by atoms with Crippen molar-refractivity contribution >= 4 is 12.2 Å². The molecule has 4 rings (SSSR count). The lowest BCUT2D eigenvalue weighted by Crippen LogP contribution is -2.17. The van der Waals surface area contributed by atoms with Gasteiger partial charge >= 0.3 is 0 Å². The van der Waals surface area contributed by atoms with Crippen LogP contribution in [0.25, 0.3) is 11.3 Å². The highest BCUT2D eigenvalue weighted by Crippen LogP contribution is 2.23. The van der Waals surface area contributed by atoms with E-state index in [1.165, 1.54) is 0 Å². The summed E-state index contributed by atoms with van der Waals surface area (Å²) in [6, 6.07) is 18.6. The molecule has 30 heavy (non-hydrogen) atoms. The maximum absolute atomic E-state index is 12.3. The van der Waals surface area contributed by atoms with Crippen molar-refractivity contribution in [2.24, 2.45) is 5.10 Å². The number of aromatic amines is 1. The van der Waals surface area contributed by atoms with Crippen LogP contribution in [0.15, 0.2) is 64.5 Å². The molecule has 8 heteroatoms. The molecule has 2 N–H and O–H groups in total. The topological polar surface area (TPSA) is 112 Å². The van der Waals surface area contributed by atoms with E-state index in [-0.39, 0.29) is 17.8 Å². The lowest BCUT2D eigenvalue weighted by molar-refractivity contribution is -0.183. The van der Waals surface area contributed by atoms with E-state index in [1.807, 2.05) is 48.5 Å². The maximum Gasteiger partial charge on any atom is 0.270 e. The Kier molecular flexibility index (Phi) is 5.94. The zero-order valence-corrected chi connectivity index (χ0v) is 16.0. The first-order chi connectivity index (χ1) is 14.7. The number of hydrazone groups is 1. The van der Waals surface area contributed by atoms with E-state index in [0.29, 0.717) is 24.5 Å². The molecular weight excluding hydrogens is 382 g/mol. The Morgan fingerprint density at radius 1 is 1.17 bits per heavy atom. The van der Waals surface area contributed by atoms with E-state index >= 15 is 0 Å². The maximum atomic E-state index is 12.3. The fourth-order valence-corrected chi connectivity index (χ4v) is 3.07. The van der Waals surface area contributed by atoms with E-state index in [2.05, 4.69) is 20.5 Å². The summed E-state index contributed by atoms with van der Waals surface area (Å²) in [5.74, 6) is 0.143. The molecule has 2 aromatic carbocycles. The molecule has 0 spiro atoms. The van der Waals surface area contributed by atoms with Crippen LogP contribution in [0.4, 0.5) is 5.95 Å². The zero-order chi connectivity index (χ0) is 20.8. The van der Waals surface area contributed by atoms with Gasteiger partial charge in [-0.1, -0.05) is 48.5 Å². The number of nitrogens with one attached hydrogen (secondary N) is 2. The largest absolute Gasteiger partial charge is 0.348 e. The fourth-order valence-electron chi connectivity index (χ4n) is 3.07. The van der Waals surface area contributed by atoms with E-state index in [0.717, 1.165) is 17.5 Å². The van der Waals surface area contributed by atoms with Crippen molar-refractivity contribution in [3.63, 3.8) is 0 Å². The summed E-state index contributed by atoms with van der Waals surface area (Å²) in [5.41, 5.74) is 4.87. The summed E-state index contributed by atoms with van der Waals surface area (Å²) < 4.78 is 11.2. The second-order valence-electron chi connectivity index (χ2n) is 6.58. The zero-order valence-electron chi connectivity index (χ0n) is 16.0. The molecule has 1 fully saturated rings. The molecule has 150 valence electrons. The number of aromatic nitrogens is 2. The Hall–Kier alpha value is -3.80. The standard InChI is InChI=1S/C22H19N5O3/c23-13-18-19(16-7-2-1-3-8-16)25-22(26-20(18)28)27-24-14-15-6-4-9-17(12-15)21-29-10-5-11-30-21/h1-4,6-9,12,14,21H,5,10-11H2,(H2,25,26,27,28). The first-order valence-corrected chi connectivity index (χ1v) is 9.46. The molecule has 0 saturated carbocycles. The van der Waals surface area contributed by atoms with Crippen LogP contribution in [0.3, 0.4) is 0 Å². The number of ether oxygens (including phenoxy) is 2. The van der Waals surface area contributed by atoms with Gasteiger partial charge < -0.3 is 9.47 Å². The highest BCUT2D eigenvalue weighted by atomic mass is 16.7. The Balaban J connectivity index is 1.54. The molecule has 1 saturated heterocycles. The van der Waals surface area contributed by atoms with Crippen LogP contribution in [0.1, 0.15) is 29.4 Å². The minimum atomic E-state index is -0.530. The van der Waals surface area contributed by atoms with Crippen LogP contribution in [0, 0.1) is 11.3 Å². The summed E-state index contributed by atoms with van der Waals surface area (Å²) in [5, 5.41) is 13.5. The number of benzene rings is 2. The fraction of sp³-hybridized carbons (Fsp3) is 0.182. The predicted octanol–water partition coefficient (Wildman–Crippen LogP) is 3.19. The van der Waals surface area contributed by atoms with Crippen molar-refractivity contribution in [3.8, 4) is 17.3 Å². The number of hydrogen-bond acceptors (Lipinski definition) is 7. The summed E-state index contributed by atoms with van der Waals surface area (Å²) in [4.78, 5) is 19.2. The summed E-state index contributed by atoms with van der Waals surface area (Å²) in [6.45, 7) is 1.35. The average molecular weight is 401 g/mol. The first kappa shape index (κ1) is 19.5. The summed E-state index contributed by atoms with van der Waals surface area (Å²) in [6.07, 6.45) is 2.12. The molecule has 1 aromatic heterocycles. The Morgan fingerprint density at radius 2 is 1.97 bits per heavy atom. The van der Waals surface area contributed by atoms with Crippen molar-refractivity contribution in [1.29, 1.82) is 5.26 Å².